The Labute approximate surface area is 120 Å². The number of benzene rings is 2. The minimum Gasteiger partial charge on any atom is -0.294 e. The van der Waals surface area contributed by atoms with Gasteiger partial charge in [-0.2, -0.15) is 13.2 Å². The third-order valence-electron chi connectivity index (χ3n) is 3.93. The average Bonchev–Trinajstić information content (AvgIpc) is 2.43. The van der Waals surface area contributed by atoms with Crippen molar-refractivity contribution in [1.82, 2.24) is 0 Å². The summed E-state index contributed by atoms with van der Waals surface area (Å²) >= 11 is 0. The van der Waals surface area contributed by atoms with Gasteiger partial charge < -0.3 is 0 Å². The maximum atomic E-state index is 12.9. The van der Waals surface area contributed by atoms with Crippen LogP contribution in [0.4, 0.5) is 13.2 Å². The number of hydrogen-bond acceptors (Lipinski definition) is 1. The Hall–Kier alpha value is -2.10. The van der Waals surface area contributed by atoms with Crippen LogP contribution in [0.2, 0.25) is 0 Å². The van der Waals surface area contributed by atoms with Gasteiger partial charge in [0.2, 0.25) is 0 Å². The number of rotatable bonds is 3. The molecule has 1 unspecified atom stereocenters. The Bertz CT molecular complexity index is 688. The van der Waals surface area contributed by atoms with E-state index in [-0.39, 0.29) is 17.9 Å². The van der Waals surface area contributed by atoms with Gasteiger partial charge >= 0.3 is 6.18 Å². The predicted molar refractivity (Wildman–Crippen MR) is 73.3 cm³/mol. The van der Waals surface area contributed by atoms with E-state index < -0.39 is 17.5 Å². The fourth-order valence-electron chi connectivity index (χ4n) is 2.85. The molecule has 1 aliphatic rings. The normalized spacial score (nSPS) is 17.0. The molecule has 108 valence electrons. The smallest absolute Gasteiger partial charge is 0.294 e. The summed E-state index contributed by atoms with van der Waals surface area (Å²) in [4.78, 5) is 12.2. The van der Waals surface area contributed by atoms with E-state index in [1.54, 1.807) is 0 Å². The second kappa shape index (κ2) is 5.02. The highest BCUT2D eigenvalue weighted by Gasteiger charge is 2.36. The number of Topliss-reactive ketones (excluding diaryl/α,β-unsaturated/α-hetero) is 1. The molecule has 0 spiro atoms. The summed E-state index contributed by atoms with van der Waals surface area (Å²) in [5.74, 6) is -0.405. The first kappa shape index (κ1) is 13.9. The first-order valence-corrected chi connectivity index (χ1v) is 6.74. The SMILES string of the molecule is O=C(CC1Cc2ccccc21)c1ccccc1C(F)(F)F. The average molecular weight is 290 g/mol. The predicted octanol–water partition coefficient (Wildman–Crippen LogP) is 4.62. The van der Waals surface area contributed by atoms with Gasteiger partial charge in [0.05, 0.1) is 5.56 Å². The molecule has 0 fully saturated rings. The van der Waals surface area contributed by atoms with Crippen molar-refractivity contribution in [3.05, 3.63) is 70.8 Å². The van der Waals surface area contributed by atoms with Crippen LogP contribution in [0.15, 0.2) is 48.5 Å². The number of halogens is 3. The van der Waals surface area contributed by atoms with E-state index in [9.17, 15) is 18.0 Å². The lowest BCUT2D eigenvalue weighted by atomic mass is 9.74. The molecule has 1 atom stereocenters. The molecule has 1 nitrogen and oxygen atoms in total. The lowest BCUT2D eigenvalue weighted by Gasteiger charge is -2.29. The zero-order valence-electron chi connectivity index (χ0n) is 11.2. The lowest BCUT2D eigenvalue weighted by molar-refractivity contribution is -0.137. The molecule has 0 radical (unpaired) electrons. The highest BCUT2D eigenvalue weighted by Crippen LogP contribution is 2.39. The zero-order valence-corrected chi connectivity index (χ0v) is 11.2. The number of fused-ring (bicyclic) bond motifs is 1. The summed E-state index contributed by atoms with van der Waals surface area (Å²) in [5, 5.41) is 0. The van der Waals surface area contributed by atoms with Gasteiger partial charge in [-0.1, -0.05) is 42.5 Å². The van der Waals surface area contributed by atoms with E-state index >= 15 is 0 Å². The monoisotopic (exact) mass is 290 g/mol. The van der Waals surface area contributed by atoms with Crippen molar-refractivity contribution in [2.24, 2.45) is 0 Å². The van der Waals surface area contributed by atoms with Crippen molar-refractivity contribution in [3.8, 4) is 0 Å². The summed E-state index contributed by atoms with van der Waals surface area (Å²) in [7, 11) is 0. The Kier molecular flexibility index (Phi) is 3.32. The number of alkyl halides is 3. The highest BCUT2D eigenvalue weighted by atomic mass is 19.4. The van der Waals surface area contributed by atoms with Gasteiger partial charge in [0, 0.05) is 12.0 Å². The summed E-state index contributed by atoms with van der Waals surface area (Å²) < 4.78 is 38.8. The standard InChI is InChI=1S/C17H13F3O/c18-17(19,20)15-8-4-3-7-14(15)16(21)10-12-9-11-5-1-2-6-13(11)12/h1-8,12H,9-10H2. The van der Waals surface area contributed by atoms with Crippen LogP contribution in [0.1, 0.15) is 39.4 Å². The number of carbonyl (C=O) groups excluding carboxylic acids is 1. The second-order valence-electron chi connectivity index (χ2n) is 5.27. The molecule has 0 saturated heterocycles. The third-order valence-corrected chi connectivity index (χ3v) is 3.93. The van der Waals surface area contributed by atoms with Crippen LogP contribution in [0.25, 0.3) is 0 Å². The molecule has 2 aromatic rings. The van der Waals surface area contributed by atoms with Crippen LogP contribution >= 0.6 is 0 Å². The molecular formula is C17H13F3O. The van der Waals surface area contributed by atoms with E-state index in [4.69, 9.17) is 0 Å². The van der Waals surface area contributed by atoms with Gasteiger partial charge in [-0.05, 0) is 29.5 Å². The maximum absolute atomic E-state index is 12.9. The van der Waals surface area contributed by atoms with Crippen molar-refractivity contribution >= 4 is 5.78 Å². The summed E-state index contributed by atoms with van der Waals surface area (Å²) in [6, 6.07) is 12.7. The van der Waals surface area contributed by atoms with Crippen molar-refractivity contribution < 1.29 is 18.0 Å². The molecule has 21 heavy (non-hydrogen) atoms. The lowest BCUT2D eigenvalue weighted by Crippen LogP contribution is -2.21. The first-order chi connectivity index (χ1) is 9.97. The van der Waals surface area contributed by atoms with E-state index in [0.717, 1.165) is 18.1 Å². The van der Waals surface area contributed by atoms with Crippen molar-refractivity contribution in [1.29, 1.82) is 0 Å². The largest absolute Gasteiger partial charge is 0.417 e. The van der Waals surface area contributed by atoms with E-state index in [1.165, 1.54) is 23.8 Å². The van der Waals surface area contributed by atoms with Crippen molar-refractivity contribution in [2.45, 2.75) is 24.9 Å². The van der Waals surface area contributed by atoms with E-state index in [1.807, 2.05) is 24.3 Å². The van der Waals surface area contributed by atoms with Crippen LogP contribution in [0, 0.1) is 0 Å². The molecule has 0 bridgehead atoms. The molecule has 1 aliphatic carbocycles. The van der Waals surface area contributed by atoms with E-state index in [2.05, 4.69) is 0 Å². The molecule has 0 aliphatic heterocycles. The second-order valence-corrected chi connectivity index (χ2v) is 5.27. The quantitative estimate of drug-likeness (QED) is 0.754. The Morgan fingerprint density at radius 3 is 2.43 bits per heavy atom. The fourth-order valence-corrected chi connectivity index (χ4v) is 2.85. The zero-order chi connectivity index (χ0) is 15.0. The molecule has 0 N–H and O–H groups in total. The number of carbonyl (C=O) groups is 1. The minimum atomic E-state index is -4.50. The molecule has 0 aromatic heterocycles. The Morgan fingerprint density at radius 2 is 1.71 bits per heavy atom. The molecule has 4 heteroatoms. The molecule has 0 heterocycles. The molecule has 0 saturated carbocycles. The topological polar surface area (TPSA) is 17.1 Å². The van der Waals surface area contributed by atoms with Gasteiger partial charge in [-0.15, -0.1) is 0 Å². The van der Waals surface area contributed by atoms with Crippen molar-refractivity contribution in [2.75, 3.05) is 0 Å². The van der Waals surface area contributed by atoms with Crippen molar-refractivity contribution in [3.63, 3.8) is 0 Å². The van der Waals surface area contributed by atoms with Gasteiger partial charge in [0.15, 0.2) is 5.78 Å². The van der Waals surface area contributed by atoms with Crippen LogP contribution in [-0.2, 0) is 12.6 Å². The summed E-state index contributed by atoms with van der Waals surface area (Å²) in [6.45, 7) is 0. The molecule has 2 aromatic carbocycles. The summed E-state index contributed by atoms with van der Waals surface area (Å²) in [6.07, 6.45) is -3.61. The minimum absolute atomic E-state index is 0.0370. The van der Waals surface area contributed by atoms with Gasteiger partial charge in [0.25, 0.3) is 0 Å². The summed E-state index contributed by atoms with van der Waals surface area (Å²) in [5.41, 5.74) is 1.19. The van der Waals surface area contributed by atoms with Gasteiger partial charge in [0.1, 0.15) is 0 Å². The number of hydrogen-bond donors (Lipinski definition) is 0. The highest BCUT2D eigenvalue weighted by molar-refractivity contribution is 5.98. The maximum Gasteiger partial charge on any atom is 0.417 e. The van der Waals surface area contributed by atoms with Crippen LogP contribution in [0.3, 0.4) is 0 Å². The third kappa shape index (κ3) is 2.58. The van der Waals surface area contributed by atoms with Gasteiger partial charge in [-0.3, -0.25) is 4.79 Å². The van der Waals surface area contributed by atoms with E-state index in [0.29, 0.717) is 0 Å². The van der Waals surface area contributed by atoms with Crippen LogP contribution in [-0.4, -0.2) is 5.78 Å². The Balaban J connectivity index is 1.82. The molecular weight excluding hydrogens is 277 g/mol. The first-order valence-electron chi connectivity index (χ1n) is 6.74. The van der Waals surface area contributed by atoms with Gasteiger partial charge in [-0.25, -0.2) is 0 Å². The van der Waals surface area contributed by atoms with Crippen LogP contribution in [0.5, 0.6) is 0 Å². The Morgan fingerprint density at radius 1 is 1.05 bits per heavy atom. The number of ketones is 1. The fraction of sp³-hybridized carbons (Fsp3) is 0.235. The van der Waals surface area contributed by atoms with Crippen LogP contribution < -0.4 is 0 Å². The molecule has 0 amide bonds. The molecule has 3 rings (SSSR count).